The fourth-order valence-electron chi connectivity index (χ4n) is 4.16. The summed E-state index contributed by atoms with van der Waals surface area (Å²) in [5.74, 6) is 0.915. The van der Waals surface area contributed by atoms with Gasteiger partial charge in [0, 0.05) is 24.5 Å². The Morgan fingerprint density at radius 2 is 2.03 bits per heavy atom. The Labute approximate surface area is 182 Å². The molecule has 0 aliphatic carbocycles. The van der Waals surface area contributed by atoms with Crippen LogP contribution >= 0.6 is 10.6 Å². The van der Waals surface area contributed by atoms with Crippen molar-refractivity contribution in [1.82, 2.24) is 10.3 Å². The lowest BCUT2D eigenvalue weighted by molar-refractivity contribution is -0.119. The second-order valence-corrected chi connectivity index (χ2v) is 10.4. The van der Waals surface area contributed by atoms with Crippen LogP contribution in [0, 0.1) is 6.92 Å². The standard InChI is InChI=1S/C23H26N4O3S/c1-15-5-4-7-17-19(25-23(28)18-9-10-24-18)13-21(26-22(15)17)27-11-12-31(29,30)20-8-3-2-6-16(20)14-27/h2-8,13,18,24,29-30H,9-12,14H2,1H3,(H,25,26,28). The molecule has 2 aromatic carbocycles. The number of para-hydroxylation sites is 1. The normalized spacial score (nSPS) is 21.0. The highest BCUT2D eigenvalue weighted by atomic mass is 32.3. The van der Waals surface area contributed by atoms with Gasteiger partial charge in [0.25, 0.3) is 0 Å². The first-order chi connectivity index (χ1) is 14.9. The maximum Gasteiger partial charge on any atom is 0.241 e. The summed E-state index contributed by atoms with van der Waals surface area (Å²) in [5, 5.41) is 7.12. The molecule has 4 N–H and O–H groups in total. The molecule has 0 spiro atoms. The zero-order valence-corrected chi connectivity index (χ0v) is 18.2. The number of rotatable bonds is 3. The van der Waals surface area contributed by atoms with E-state index >= 15 is 0 Å². The highest BCUT2D eigenvalue weighted by Gasteiger charge is 2.28. The third kappa shape index (κ3) is 3.76. The van der Waals surface area contributed by atoms with E-state index in [-0.39, 0.29) is 17.7 Å². The van der Waals surface area contributed by atoms with Crippen LogP contribution in [0.15, 0.2) is 53.4 Å². The van der Waals surface area contributed by atoms with E-state index in [0.717, 1.165) is 40.7 Å². The van der Waals surface area contributed by atoms with E-state index in [1.807, 2.05) is 49.4 Å². The van der Waals surface area contributed by atoms with Gasteiger partial charge in [-0.2, -0.15) is 10.6 Å². The van der Waals surface area contributed by atoms with Gasteiger partial charge in [0.05, 0.1) is 27.9 Å². The van der Waals surface area contributed by atoms with Gasteiger partial charge in [-0.25, -0.2) is 4.98 Å². The number of carbonyl (C=O) groups is 1. The second-order valence-electron chi connectivity index (χ2n) is 8.18. The zero-order chi connectivity index (χ0) is 21.6. The quantitative estimate of drug-likeness (QED) is 0.494. The van der Waals surface area contributed by atoms with E-state index in [1.54, 1.807) is 6.07 Å². The Hall–Kier alpha value is -2.65. The molecule has 1 fully saturated rings. The lowest BCUT2D eigenvalue weighted by Gasteiger charge is -2.32. The van der Waals surface area contributed by atoms with Crippen LogP contribution < -0.4 is 15.5 Å². The predicted molar refractivity (Wildman–Crippen MR) is 125 cm³/mol. The first-order valence-electron chi connectivity index (χ1n) is 10.5. The number of fused-ring (bicyclic) bond motifs is 2. The van der Waals surface area contributed by atoms with Gasteiger partial charge < -0.3 is 15.5 Å². The summed E-state index contributed by atoms with van der Waals surface area (Å²) in [5.41, 5.74) is 3.47. The van der Waals surface area contributed by atoms with Crippen LogP contribution in [0.4, 0.5) is 11.5 Å². The maximum atomic E-state index is 12.6. The summed E-state index contributed by atoms with van der Waals surface area (Å²) in [6.45, 7) is 3.85. The highest BCUT2D eigenvalue weighted by Crippen LogP contribution is 2.51. The summed E-state index contributed by atoms with van der Waals surface area (Å²) >= 11 is 0. The minimum Gasteiger partial charge on any atom is -0.351 e. The van der Waals surface area contributed by atoms with Crippen molar-refractivity contribution >= 4 is 38.9 Å². The Balaban J connectivity index is 1.57. The van der Waals surface area contributed by atoms with E-state index < -0.39 is 10.6 Å². The molecule has 5 rings (SSSR count). The third-order valence-electron chi connectivity index (χ3n) is 6.08. The molecule has 0 bridgehead atoms. The summed E-state index contributed by atoms with van der Waals surface area (Å²) in [6, 6.07) is 15.2. The second kappa shape index (κ2) is 7.80. The molecule has 1 amide bonds. The molecule has 1 aromatic heterocycles. The van der Waals surface area contributed by atoms with E-state index in [9.17, 15) is 13.9 Å². The molecule has 162 valence electrons. The molecule has 1 unspecified atom stereocenters. The number of pyridine rings is 1. The maximum absolute atomic E-state index is 12.6. The van der Waals surface area contributed by atoms with Crippen molar-refractivity contribution in [1.29, 1.82) is 0 Å². The molecule has 2 aliphatic rings. The van der Waals surface area contributed by atoms with Gasteiger partial charge in [0.2, 0.25) is 5.91 Å². The number of nitrogens with zero attached hydrogens (tertiary/aromatic N) is 2. The van der Waals surface area contributed by atoms with Crippen molar-refractivity contribution < 1.29 is 13.9 Å². The van der Waals surface area contributed by atoms with Crippen molar-refractivity contribution in [2.24, 2.45) is 0 Å². The zero-order valence-electron chi connectivity index (χ0n) is 17.3. The first-order valence-corrected chi connectivity index (χ1v) is 12.2. The Morgan fingerprint density at radius 3 is 2.81 bits per heavy atom. The predicted octanol–water partition coefficient (Wildman–Crippen LogP) is 3.97. The average molecular weight is 439 g/mol. The number of hydrogen-bond donors (Lipinski definition) is 4. The van der Waals surface area contributed by atoms with Gasteiger partial charge in [-0.3, -0.25) is 13.9 Å². The number of aromatic nitrogens is 1. The van der Waals surface area contributed by atoms with Gasteiger partial charge in [-0.1, -0.05) is 36.4 Å². The summed E-state index contributed by atoms with van der Waals surface area (Å²) in [4.78, 5) is 20.2. The van der Waals surface area contributed by atoms with Crippen molar-refractivity contribution in [2.75, 3.05) is 29.1 Å². The number of carbonyl (C=O) groups excluding carboxylic acids is 1. The molecular formula is C23H26N4O3S. The number of aryl methyl sites for hydroxylation is 1. The van der Waals surface area contributed by atoms with E-state index in [2.05, 4.69) is 15.5 Å². The number of hydrogen-bond acceptors (Lipinski definition) is 6. The SMILES string of the molecule is Cc1cccc2c(NC(=O)C3CCN3)cc(N3CCS(O)(O)c4ccccc4C3)nc12. The molecule has 0 radical (unpaired) electrons. The third-order valence-corrected chi connectivity index (χ3v) is 7.94. The minimum atomic E-state index is -2.85. The molecule has 0 saturated carbocycles. The fourth-order valence-corrected chi connectivity index (χ4v) is 5.70. The lowest BCUT2D eigenvalue weighted by Crippen LogP contribution is -2.50. The van der Waals surface area contributed by atoms with Crippen molar-refractivity contribution in [3.05, 3.63) is 59.7 Å². The fraction of sp³-hybridized carbons (Fsp3) is 0.304. The number of nitrogens with one attached hydrogen (secondary N) is 2. The van der Waals surface area contributed by atoms with Crippen LogP contribution in [-0.2, 0) is 11.3 Å². The summed E-state index contributed by atoms with van der Waals surface area (Å²) < 4.78 is 21.4. The molecule has 1 saturated heterocycles. The van der Waals surface area contributed by atoms with Crippen LogP contribution in [0.25, 0.3) is 10.9 Å². The largest absolute Gasteiger partial charge is 0.351 e. The van der Waals surface area contributed by atoms with Crippen LogP contribution in [-0.4, -0.2) is 44.9 Å². The molecule has 3 aromatic rings. The Kier molecular flexibility index (Phi) is 5.10. The van der Waals surface area contributed by atoms with Crippen LogP contribution in [0.5, 0.6) is 0 Å². The lowest BCUT2D eigenvalue weighted by atomic mass is 10.1. The molecule has 2 aliphatic heterocycles. The number of anilines is 2. The van der Waals surface area contributed by atoms with Gasteiger partial charge >= 0.3 is 0 Å². The summed E-state index contributed by atoms with van der Waals surface area (Å²) in [6.07, 6.45) is 0.835. The number of benzene rings is 2. The van der Waals surface area contributed by atoms with Gasteiger partial charge in [-0.05, 0) is 37.1 Å². The van der Waals surface area contributed by atoms with Crippen LogP contribution in [0.2, 0.25) is 0 Å². The van der Waals surface area contributed by atoms with Crippen molar-refractivity contribution in [3.63, 3.8) is 0 Å². The highest BCUT2D eigenvalue weighted by molar-refractivity contribution is 8.24. The molecule has 1 atom stereocenters. The van der Waals surface area contributed by atoms with Crippen LogP contribution in [0.1, 0.15) is 17.5 Å². The molecular weight excluding hydrogens is 412 g/mol. The van der Waals surface area contributed by atoms with E-state index in [1.165, 1.54) is 0 Å². The molecule has 3 heterocycles. The first kappa shape index (κ1) is 20.3. The van der Waals surface area contributed by atoms with E-state index in [0.29, 0.717) is 23.8 Å². The van der Waals surface area contributed by atoms with Gasteiger partial charge in [-0.15, -0.1) is 0 Å². The Morgan fingerprint density at radius 1 is 1.23 bits per heavy atom. The minimum absolute atomic E-state index is 0.0402. The van der Waals surface area contributed by atoms with Gasteiger partial charge in [0.1, 0.15) is 5.82 Å². The average Bonchev–Trinajstić information content (AvgIpc) is 2.83. The molecule has 7 nitrogen and oxygen atoms in total. The van der Waals surface area contributed by atoms with E-state index in [4.69, 9.17) is 4.98 Å². The molecule has 31 heavy (non-hydrogen) atoms. The Bertz CT molecular complexity index is 1160. The van der Waals surface area contributed by atoms with Crippen molar-refractivity contribution in [3.8, 4) is 0 Å². The van der Waals surface area contributed by atoms with Crippen LogP contribution in [0.3, 0.4) is 0 Å². The summed E-state index contributed by atoms with van der Waals surface area (Å²) in [7, 11) is -2.85. The van der Waals surface area contributed by atoms with Crippen molar-refractivity contribution in [2.45, 2.75) is 30.8 Å². The van der Waals surface area contributed by atoms with Gasteiger partial charge in [0.15, 0.2) is 0 Å². The number of amides is 1. The monoisotopic (exact) mass is 438 g/mol. The molecule has 8 heteroatoms. The topological polar surface area (TPSA) is 97.7 Å². The smallest absolute Gasteiger partial charge is 0.241 e.